The molecule has 20 heavy (non-hydrogen) atoms. The van der Waals surface area contributed by atoms with Crippen molar-refractivity contribution in [1.82, 2.24) is 0 Å². The number of nitro benzene ring substituents is 1. The highest BCUT2D eigenvalue weighted by molar-refractivity contribution is 7.85. The van der Waals surface area contributed by atoms with Gasteiger partial charge in [-0.2, -0.15) is 0 Å². The average Bonchev–Trinajstić information content (AvgIpc) is 2.41. The Bertz CT molecular complexity index is 566. The topological polar surface area (TPSA) is 115 Å². The Labute approximate surface area is 118 Å². The van der Waals surface area contributed by atoms with E-state index >= 15 is 0 Å². The number of anilines is 1. The summed E-state index contributed by atoms with van der Waals surface area (Å²) >= 11 is 0. The van der Waals surface area contributed by atoms with Gasteiger partial charge in [0.15, 0.2) is 0 Å². The number of hydrogen-bond acceptors (Lipinski definition) is 5. The second kappa shape index (κ2) is 6.00. The van der Waals surface area contributed by atoms with E-state index in [-0.39, 0.29) is 17.3 Å². The van der Waals surface area contributed by atoms with Gasteiger partial charge in [-0.15, -0.1) is 0 Å². The van der Waals surface area contributed by atoms with Crippen molar-refractivity contribution in [2.75, 3.05) is 16.8 Å². The third-order valence-corrected chi connectivity index (χ3v) is 4.61. The molecule has 0 aliphatic carbocycles. The zero-order chi connectivity index (χ0) is 14.7. The summed E-state index contributed by atoms with van der Waals surface area (Å²) < 4.78 is 11.3. The predicted octanol–water partition coefficient (Wildman–Crippen LogP) is 1.02. The van der Waals surface area contributed by atoms with Crippen molar-refractivity contribution < 1.29 is 13.9 Å². The van der Waals surface area contributed by atoms with Crippen LogP contribution < -0.4 is 11.1 Å². The fraction of sp³-hybridized carbons (Fsp3) is 0.417. The van der Waals surface area contributed by atoms with Crippen LogP contribution in [0.5, 0.6) is 0 Å². The number of nitro groups is 1. The lowest BCUT2D eigenvalue weighted by Gasteiger charge is -2.23. The van der Waals surface area contributed by atoms with Gasteiger partial charge >= 0.3 is 0 Å². The molecular formula is C12H15N3O4S. The van der Waals surface area contributed by atoms with Crippen LogP contribution in [0.2, 0.25) is 0 Å². The Morgan fingerprint density at radius 2 is 2.05 bits per heavy atom. The van der Waals surface area contributed by atoms with E-state index in [0.29, 0.717) is 30.0 Å². The summed E-state index contributed by atoms with van der Waals surface area (Å²) in [6, 6.07) is 4.18. The van der Waals surface area contributed by atoms with Gasteiger partial charge in [0.1, 0.15) is 5.69 Å². The second-order valence-electron chi connectivity index (χ2n) is 4.62. The first kappa shape index (κ1) is 14.4. The predicted molar refractivity (Wildman–Crippen MR) is 76.1 cm³/mol. The van der Waals surface area contributed by atoms with Gasteiger partial charge in [0.2, 0.25) is 5.91 Å². The number of rotatable bonds is 4. The molecule has 0 saturated carbocycles. The van der Waals surface area contributed by atoms with Crippen molar-refractivity contribution in [2.24, 2.45) is 5.73 Å². The number of amides is 1. The Morgan fingerprint density at radius 1 is 1.40 bits per heavy atom. The van der Waals surface area contributed by atoms with Gasteiger partial charge in [0.05, 0.1) is 4.92 Å². The van der Waals surface area contributed by atoms with Crippen molar-refractivity contribution in [1.29, 1.82) is 0 Å². The van der Waals surface area contributed by atoms with Crippen molar-refractivity contribution in [3.05, 3.63) is 33.9 Å². The molecule has 0 unspecified atom stereocenters. The molecule has 0 aromatic heterocycles. The van der Waals surface area contributed by atoms with Gasteiger partial charge in [-0.05, 0) is 25.0 Å². The van der Waals surface area contributed by atoms with Crippen LogP contribution in [0.25, 0.3) is 0 Å². The highest BCUT2D eigenvalue weighted by Gasteiger charge is 2.22. The summed E-state index contributed by atoms with van der Waals surface area (Å²) in [5.41, 5.74) is 5.41. The molecule has 1 aliphatic heterocycles. The molecule has 1 saturated heterocycles. The maximum atomic E-state index is 11.3. The van der Waals surface area contributed by atoms with Crippen LogP contribution in [0, 0.1) is 10.1 Å². The van der Waals surface area contributed by atoms with Crippen molar-refractivity contribution >= 4 is 28.1 Å². The highest BCUT2D eigenvalue weighted by atomic mass is 32.2. The largest absolute Gasteiger partial charge is 0.377 e. The molecule has 108 valence electrons. The highest BCUT2D eigenvalue weighted by Crippen LogP contribution is 2.27. The average molecular weight is 297 g/mol. The van der Waals surface area contributed by atoms with Crippen LogP contribution >= 0.6 is 0 Å². The van der Waals surface area contributed by atoms with Gasteiger partial charge in [-0.25, -0.2) is 0 Å². The summed E-state index contributed by atoms with van der Waals surface area (Å²) in [4.78, 5) is 21.6. The Kier molecular flexibility index (Phi) is 4.33. The van der Waals surface area contributed by atoms with E-state index in [1.165, 1.54) is 18.2 Å². The van der Waals surface area contributed by atoms with Gasteiger partial charge in [0, 0.05) is 40.0 Å². The maximum Gasteiger partial charge on any atom is 0.293 e. The lowest BCUT2D eigenvalue weighted by Crippen LogP contribution is -2.29. The van der Waals surface area contributed by atoms with E-state index in [1.807, 2.05) is 0 Å². The van der Waals surface area contributed by atoms with Crippen LogP contribution in [0.4, 0.5) is 11.4 Å². The number of nitrogens with two attached hydrogens (primary N) is 1. The number of carbonyl (C=O) groups is 1. The molecular weight excluding hydrogens is 282 g/mol. The SMILES string of the molecule is NC(=O)c1ccc(NC2CCS(=O)CC2)c([N+](=O)[O-])c1. The first-order valence-corrected chi connectivity index (χ1v) is 7.66. The number of hydrogen-bond donors (Lipinski definition) is 2. The van der Waals surface area contributed by atoms with E-state index in [9.17, 15) is 19.1 Å². The van der Waals surface area contributed by atoms with Gasteiger partial charge < -0.3 is 11.1 Å². The third kappa shape index (κ3) is 3.32. The minimum absolute atomic E-state index is 0.0610. The maximum absolute atomic E-state index is 11.3. The molecule has 3 N–H and O–H groups in total. The van der Waals surface area contributed by atoms with Crippen LogP contribution in [-0.2, 0) is 10.8 Å². The fourth-order valence-electron chi connectivity index (χ4n) is 2.12. The minimum Gasteiger partial charge on any atom is -0.377 e. The number of nitrogens with one attached hydrogen (secondary N) is 1. The van der Waals surface area contributed by atoms with Gasteiger partial charge in [-0.3, -0.25) is 19.1 Å². The zero-order valence-corrected chi connectivity index (χ0v) is 11.5. The van der Waals surface area contributed by atoms with Crippen LogP contribution in [-0.4, -0.2) is 32.6 Å². The van der Waals surface area contributed by atoms with E-state index in [4.69, 9.17) is 5.73 Å². The molecule has 1 amide bonds. The summed E-state index contributed by atoms with van der Waals surface area (Å²) in [7, 11) is -0.778. The lowest BCUT2D eigenvalue weighted by molar-refractivity contribution is -0.384. The Morgan fingerprint density at radius 3 is 2.60 bits per heavy atom. The Balaban J connectivity index is 2.20. The molecule has 0 radical (unpaired) electrons. The molecule has 0 atom stereocenters. The molecule has 0 spiro atoms. The number of carbonyl (C=O) groups excluding carboxylic acids is 1. The van der Waals surface area contributed by atoms with E-state index in [2.05, 4.69) is 5.32 Å². The molecule has 1 aliphatic rings. The summed E-state index contributed by atoms with van der Waals surface area (Å²) in [5.74, 6) is 0.503. The van der Waals surface area contributed by atoms with Crippen molar-refractivity contribution in [3.8, 4) is 0 Å². The lowest BCUT2D eigenvalue weighted by atomic mass is 10.1. The standard InChI is InChI=1S/C12H15N3O4S/c13-12(16)8-1-2-10(11(7-8)15(17)18)14-9-3-5-20(19)6-4-9/h1-2,7,9,14H,3-6H2,(H2,13,16). The zero-order valence-electron chi connectivity index (χ0n) is 10.7. The second-order valence-corrected chi connectivity index (χ2v) is 6.32. The molecule has 1 heterocycles. The number of nitrogens with zero attached hydrogens (tertiary/aromatic N) is 1. The quantitative estimate of drug-likeness (QED) is 0.636. The van der Waals surface area contributed by atoms with E-state index in [1.54, 1.807) is 0 Å². The molecule has 8 heteroatoms. The monoisotopic (exact) mass is 297 g/mol. The summed E-state index contributed by atoms with van der Waals surface area (Å²) in [6.07, 6.45) is 1.42. The van der Waals surface area contributed by atoms with E-state index in [0.717, 1.165) is 0 Å². The summed E-state index contributed by atoms with van der Waals surface area (Å²) in [5, 5.41) is 14.1. The van der Waals surface area contributed by atoms with Crippen molar-refractivity contribution in [2.45, 2.75) is 18.9 Å². The van der Waals surface area contributed by atoms with Crippen LogP contribution in [0.3, 0.4) is 0 Å². The van der Waals surface area contributed by atoms with Crippen LogP contribution in [0.15, 0.2) is 18.2 Å². The van der Waals surface area contributed by atoms with Crippen LogP contribution in [0.1, 0.15) is 23.2 Å². The first-order chi connectivity index (χ1) is 9.47. The number of primary amides is 1. The molecule has 0 bridgehead atoms. The molecule has 7 nitrogen and oxygen atoms in total. The van der Waals surface area contributed by atoms with Gasteiger partial charge in [-0.1, -0.05) is 0 Å². The molecule has 1 fully saturated rings. The number of benzene rings is 1. The van der Waals surface area contributed by atoms with Crippen molar-refractivity contribution in [3.63, 3.8) is 0 Å². The first-order valence-electron chi connectivity index (χ1n) is 6.17. The van der Waals surface area contributed by atoms with E-state index < -0.39 is 21.6 Å². The Hall–Kier alpha value is -1.96. The molecule has 1 aromatic carbocycles. The minimum atomic E-state index is -0.778. The summed E-state index contributed by atoms with van der Waals surface area (Å²) in [6.45, 7) is 0. The third-order valence-electron chi connectivity index (χ3n) is 3.23. The molecule has 1 aromatic rings. The smallest absolute Gasteiger partial charge is 0.293 e. The normalized spacial score (nSPS) is 22.2. The molecule has 2 rings (SSSR count). The van der Waals surface area contributed by atoms with Gasteiger partial charge in [0.25, 0.3) is 5.69 Å². The fourth-order valence-corrected chi connectivity index (χ4v) is 3.42.